The number of carbonyl (C=O) groups excluding carboxylic acids is 1. The molecule has 4 heteroatoms. The van der Waals surface area contributed by atoms with Crippen molar-refractivity contribution in [2.45, 2.75) is 38.0 Å². The van der Waals surface area contributed by atoms with Crippen LogP contribution in [0.2, 0.25) is 0 Å². The van der Waals surface area contributed by atoms with Gasteiger partial charge < -0.3 is 4.98 Å². The maximum absolute atomic E-state index is 12.4. The number of allylic oxidation sites excluding steroid dienone is 2. The van der Waals surface area contributed by atoms with Gasteiger partial charge in [-0.1, -0.05) is 23.8 Å². The van der Waals surface area contributed by atoms with Crippen LogP contribution in [-0.4, -0.2) is 15.8 Å². The molecule has 0 unspecified atom stereocenters. The quantitative estimate of drug-likeness (QED) is 0.869. The number of ketones is 1. The Morgan fingerprint density at radius 3 is 2.95 bits per heavy atom. The molecule has 0 saturated heterocycles. The van der Waals surface area contributed by atoms with Gasteiger partial charge in [0.25, 0.3) is 0 Å². The number of para-hydroxylation sites is 2. The molecule has 2 aromatic rings. The number of benzene rings is 1. The first-order valence-electron chi connectivity index (χ1n) is 7.33. The second-order valence-corrected chi connectivity index (χ2v) is 5.45. The van der Waals surface area contributed by atoms with Crippen molar-refractivity contribution in [2.75, 3.05) is 0 Å². The summed E-state index contributed by atoms with van der Waals surface area (Å²) in [5, 5.41) is 9.35. The van der Waals surface area contributed by atoms with E-state index in [1.807, 2.05) is 24.3 Å². The number of nitrogens with zero attached hydrogens (tertiary/aromatic N) is 2. The van der Waals surface area contributed by atoms with Gasteiger partial charge in [0.1, 0.15) is 5.82 Å². The summed E-state index contributed by atoms with van der Waals surface area (Å²) >= 11 is 0. The lowest BCUT2D eigenvalue weighted by Gasteiger charge is -2.13. The van der Waals surface area contributed by atoms with Crippen LogP contribution >= 0.6 is 0 Å². The summed E-state index contributed by atoms with van der Waals surface area (Å²) in [4.78, 5) is 19.9. The number of aromatic amines is 1. The van der Waals surface area contributed by atoms with Gasteiger partial charge in [-0.05, 0) is 37.8 Å². The molecule has 0 bridgehead atoms. The van der Waals surface area contributed by atoms with Crippen molar-refractivity contribution in [3.8, 4) is 6.07 Å². The monoisotopic (exact) mass is 279 g/mol. The van der Waals surface area contributed by atoms with Crippen molar-refractivity contribution in [3.05, 3.63) is 41.7 Å². The Bertz CT molecular complexity index is 703. The number of hydrogen-bond acceptors (Lipinski definition) is 3. The molecule has 3 rings (SSSR count). The molecule has 106 valence electrons. The zero-order valence-electron chi connectivity index (χ0n) is 11.8. The van der Waals surface area contributed by atoms with Gasteiger partial charge in [0.2, 0.25) is 0 Å². The van der Waals surface area contributed by atoms with E-state index in [0.717, 1.165) is 30.3 Å². The van der Waals surface area contributed by atoms with Crippen molar-refractivity contribution in [3.63, 3.8) is 0 Å². The number of rotatable bonds is 4. The molecular weight excluding hydrogens is 262 g/mol. The number of nitriles is 1. The zero-order valence-corrected chi connectivity index (χ0v) is 11.8. The van der Waals surface area contributed by atoms with Gasteiger partial charge in [-0.2, -0.15) is 5.26 Å². The van der Waals surface area contributed by atoms with Crippen LogP contribution < -0.4 is 0 Å². The lowest BCUT2D eigenvalue weighted by Crippen LogP contribution is -2.13. The summed E-state index contributed by atoms with van der Waals surface area (Å²) in [5.41, 5.74) is 2.82. The molecule has 0 spiro atoms. The minimum Gasteiger partial charge on any atom is -0.340 e. The Morgan fingerprint density at radius 1 is 1.38 bits per heavy atom. The van der Waals surface area contributed by atoms with Crippen LogP contribution in [0.15, 0.2) is 35.9 Å². The highest BCUT2D eigenvalue weighted by Gasteiger charge is 2.24. The predicted octanol–water partition coefficient (Wildman–Crippen LogP) is 3.63. The molecule has 1 N–H and O–H groups in total. The first-order valence-corrected chi connectivity index (χ1v) is 7.33. The average Bonchev–Trinajstić information content (AvgIpc) is 2.92. The van der Waals surface area contributed by atoms with E-state index in [1.165, 1.54) is 12.0 Å². The maximum Gasteiger partial charge on any atom is 0.162 e. The number of imidazole rings is 1. The molecule has 0 fully saturated rings. The minimum atomic E-state index is -0.805. The molecule has 0 amide bonds. The Labute approximate surface area is 123 Å². The molecule has 1 aliphatic carbocycles. The lowest BCUT2D eigenvalue weighted by atomic mass is 9.92. The van der Waals surface area contributed by atoms with E-state index in [-0.39, 0.29) is 5.78 Å². The molecule has 4 nitrogen and oxygen atoms in total. The normalized spacial score (nSPS) is 16.2. The fourth-order valence-electron chi connectivity index (χ4n) is 2.79. The van der Waals surface area contributed by atoms with Gasteiger partial charge in [0.15, 0.2) is 11.7 Å². The molecule has 1 aromatic heterocycles. The van der Waals surface area contributed by atoms with Crippen LogP contribution in [0.25, 0.3) is 11.0 Å². The molecule has 1 atom stereocenters. The molecular formula is C17H17N3O. The van der Waals surface area contributed by atoms with E-state index in [4.69, 9.17) is 0 Å². The van der Waals surface area contributed by atoms with Gasteiger partial charge >= 0.3 is 0 Å². The zero-order chi connectivity index (χ0) is 14.7. The Hall–Kier alpha value is -2.41. The fraction of sp³-hybridized carbons (Fsp3) is 0.353. The first-order chi connectivity index (χ1) is 10.3. The van der Waals surface area contributed by atoms with Crippen LogP contribution in [0.1, 0.15) is 43.8 Å². The lowest BCUT2D eigenvalue weighted by molar-refractivity contribution is -0.118. The van der Waals surface area contributed by atoms with E-state index >= 15 is 0 Å². The maximum atomic E-state index is 12.4. The molecule has 0 radical (unpaired) electrons. The molecule has 21 heavy (non-hydrogen) atoms. The third kappa shape index (κ3) is 2.87. The number of hydrogen-bond donors (Lipinski definition) is 1. The highest BCUT2D eigenvalue weighted by atomic mass is 16.1. The number of H-pyrrole nitrogens is 1. The van der Waals surface area contributed by atoms with Crippen molar-refractivity contribution < 1.29 is 4.79 Å². The number of nitrogens with one attached hydrogen (secondary N) is 1. The summed E-state index contributed by atoms with van der Waals surface area (Å²) in [6.07, 6.45) is 6.88. The Morgan fingerprint density at radius 2 is 2.24 bits per heavy atom. The molecule has 0 saturated carbocycles. The van der Waals surface area contributed by atoms with Gasteiger partial charge in [0.05, 0.1) is 17.1 Å². The smallest absolute Gasteiger partial charge is 0.162 e. The second-order valence-electron chi connectivity index (χ2n) is 5.45. The highest BCUT2D eigenvalue weighted by Crippen LogP contribution is 2.25. The number of carbonyl (C=O) groups is 1. The summed E-state index contributed by atoms with van der Waals surface area (Å²) in [6.45, 7) is 0. The number of Topliss-reactive ketones (excluding diaryl/α,β-unsaturated/α-hetero) is 1. The van der Waals surface area contributed by atoms with Crippen molar-refractivity contribution in [1.82, 2.24) is 9.97 Å². The van der Waals surface area contributed by atoms with Crippen molar-refractivity contribution in [2.24, 2.45) is 0 Å². The Kier molecular flexibility index (Phi) is 3.83. The van der Waals surface area contributed by atoms with E-state index < -0.39 is 5.92 Å². The minimum absolute atomic E-state index is 0.0651. The standard InChI is InChI=1S/C17H17N3O/c18-11-13(16(21)10-12-6-2-1-3-7-12)17-19-14-8-4-5-9-15(14)20-17/h4-6,8-9,13H,1-3,7,10H2,(H,19,20)/t13-/m1/s1. The van der Waals surface area contributed by atoms with E-state index in [0.29, 0.717) is 12.2 Å². The SMILES string of the molecule is N#C[C@H](C(=O)CC1=CCCCC1)c1nc2ccccc2[nH]1. The number of fused-ring (bicyclic) bond motifs is 1. The van der Waals surface area contributed by atoms with Gasteiger partial charge in [-0.15, -0.1) is 0 Å². The van der Waals surface area contributed by atoms with E-state index in [1.54, 1.807) is 0 Å². The first kappa shape index (κ1) is 13.6. The number of aromatic nitrogens is 2. The third-order valence-electron chi connectivity index (χ3n) is 3.92. The van der Waals surface area contributed by atoms with E-state index in [2.05, 4.69) is 22.1 Å². The van der Waals surface area contributed by atoms with E-state index in [9.17, 15) is 10.1 Å². The van der Waals surface area contributed by atoms with Crippen LogP contribution in [0.3, 0.4) is 0 Å². The highest BCUT2D eigenvalue weighted by molar-refractivity contribution is 5.90. The third-order valence-corrected chi connectivity index (χ3v) is 3.92. The second kappa shape index (κ2) is 5.92. The molecule has 1 aromatic carbocycles. The largest absolute Gasteiger partial charge is 0.340 e. The molecule has 1 heterocycles. The fourth-order valence-corrected chi connectivity index (χ4v) is 2.79. The molecule has 0 aliphatic heterocycles. The van der Waals surface area contributed by atoms with Gasteiger partial charge in [0, 0.05) is 6.42 Å². The summed E-state index contributed by atoms with van der Waals surface area (Å²) in [5.74, 6) is -0.412. The van der Waals surface area contributed by atoms with Crippen LogP contribution in [0.5, 0.6) is 0 Å². The average molecular weight is 279 g/mol. The summed E-state index contributed by atoms with van der Waals surface area (Å²) < 4.78 is 0. The topological polar surface area (TPSA) is 69.5 Å². The van der Waals surface area contributed by atoms with Crippen LogP contribution in [-0.2, 0) is 4.79 Å². The summed E-state index contributed by atoms with van der Waals surface area (Å²) in [6, 6.07) is 9.66. The Balaban J connectivity index is 1.82. The van der Waals surface area contributed by atoms with Crippen LogP contribution in [0.4, 0.5) is 0 Å². The van der Waals surface area contributed by atoms with Gasteiger partial charge in [-0.25, -0.2) is 4.98 Å². The van der Waals surface area contributed by atoms with Gasteiger partial charge in [-0.3, -0.25) is 4.79 Å². The predicted molar refractivity (Wildman–Crippen MR) is 80.6 cm³/mol. The summed E-state index contributed by atoms with van der Waals surface area (Å²) in [7, 11) is 0. The van der Waals surface area contributed by atoms with Crippen molar-refractivity contribution >= 4 is 16.8 Å². The molecule has 1 aliphatic rings. The van der Waals surface area contributed by atoms with Crippen molar-refractivity contribution in [1.29, 1.82) is 5.26 Å². The van der Waals surface area contributed by atoms with Crippen LogP contribution in [0, 0.1) is 11.3 Å².